The molecule has 0 aromatic heterocycles. The number of aryl methyl sites for hydroxylation is 1. The summed E-state index contributed by atoms with van der Waals surface area (Å²) in [7, 11) is 0. The molecule has 0 aliphatic carbocycles. The molecule has 0 aliphatic rings. The van der Waals surface area contributed by atoms with Crippen LogP contribution in [0.1, 0.15) is 43.9 Å². The van der Waals surface area contributed by atoms with E-state index in [0.29, 0.717) is 0 Å². The quantitative estimate of drug-likeness (QED) is 0.729. The van der Waals surface area contributed by atoms with E-state index in [1.165, 1.54) is 18.4 Å². The first-order valence-electron chi connectivity index (χ1n) is 6.12. The molecule has 16 heavy (non-hydrogen) atoms. The Hall–Kier alpha value is -0.470. The van der Waals surface area contributed by atoms with E-state index < -0.39 is 0 Å². The zero-order chi connectivity index (χ0) is 11.8. The highest BCUT2D eigenvalue weighted by Gasteiger charge is 2.06. The number of hydrogen-bond acceptors (Lipinski definition) is 2. The van der Waals surface area contributed by atoms with E-state index in [1.807, 2.05) is 11.8 Å². The first-order valence-corrected chi connectivity index (χ1v) is 7.28. The van der Waals surface area contributed by atoms with Crippen molar-refractivity contribution >= 4 is 11.8 Å². The number of thioether (sulfide) groups is 1. The summed E-state index contributed by atoms with van der Waals surface area (Å²) >= 11 is 1.82. The Labute approximate surface area is 103 Å². The van der Waals surface area contributed by atoms with Gasteiger partial charge in [-0.3, -0.25) is 0 Å². The molecule has 1 aromatic carbocycles. The molecule has 2 heteroatoms. The van der Waals surface area contributed by atoms with E-state index in [2.05, 4.69) is 38.1 Å². The van der Waals surface area contributed by atoms with Crippen LogP contribution in [0, 0.1) is 0 Å². The molecule has 0 bridgehead atoms. The number of aliphatic hydroxyl groups excluding tert-OH is 1. The van der Waals surface area contributed by atoms with Crippen molar-refractivity contribution < 1.29 is 5.11 Å². The Kier molecular flexibility index (Phi) is 6.58. The predicted octanol–water partition coefficient (Wildman–Crippen LogP) is 3.82. The Morgan fingerprint density at radius 2 is 1.81 bits per heavy atom. The Morgan fingerprint density at radius 1 is 1.12 bits per heavy atom. The van der Waals surface area contributed by atoms with Crippen LogP contribution in [-0.4, -0.2) is 16.6 Å². The van der Waals surface area contributed by atoms with Crippen LogP contribution >= 0.6 is 11.8 Å². The molecule has 1 aromatic rings. The highest BCUT2D eigenvalue weighted by atomic mass is 32.2. The average molecular weight is 238 g/mol. The molecule has 0 aliphatic heterocycles. The van der Waals surface area contributed by atoms with Gasteiger partial charge in [0.05, 0.1) is 6.10 Å². The second-order valence-electron chi connectivity index (χ2n) is 4.08. The van der Waals surface area contributed by atoms with Gasteiger partial charge in [-0.2, -0.15) is 11.8 Å². The fourth-order valence-electron chi connectivity index (χ4n) is 1.63. The van der Waals surface area contributed by atoms with Gasteiger partial charge < -0.3 is 5.11 Å². The van der Waals surface area contributed by atoms with E-state index in [1.54, 1.807) is 0 Å². The number of hydrogen-bond donors (Lipinski definition) is 1. The van der Waals surface area contributed by atoms with Crippen LogP contribution in [0.5, 0.6) is 0 Å². The van der Waals surface area contributed by atoms with Gasteiger partial charge in [0.2, 0.25) is 0 Å². The number of rotatable bonds is 7. The summed E-state index contributed by atoms with van der Waals surface area (Å²) in [5.41, 5.74) is 2.41. The topological polar surface area (TPSA) is 20.2 Å². The van der Waals surface area contributed by atoms with E-state index in [4.69, 9.17) is 0 Å². The van der Waals surface area contributed by atoms with Crippen molar-refractivity contribution in [1.29, 1.82) is 0 Å². The standard InChI is InChI=1S/C14H22OS/c1-3-5-12-6-8-13(9-7-12)14(15)11-16-10-4-2/h6-9,14-15H,3-5,10-11H2,1-2H3. The molecule has 0 saturated heterocycles. The minimum Gasteiger partial charge on any atom is -0.388 e. The first-order chi connectivity index (χ1) is 7.77. The van der Waals surface area contributed by atoms with Crippen molar-refractivity contribution in [3.05, 3.63) is 35.4 Å². The van der Waals surface area contributed by atoms with Gasteiger partial charge in [-0.25, -0.2) is 0 Å². The molecule has 1 N–H and O–H groups in total. The highest BCUT2D eigenvalue weighted by Crippen LogP contribution is 2.19. The number of aliphatic hydroxyl groups is 1. The van der Waals surface area contributed by atoms with Crippen LogP contribution in [0.15, 0.2) is 24.3 Å². The van der Waals surface area contributed by atoms with Crippen molar-refractivity contribution in [1.82, 2.24) is 0 Å². The third-order valence-corrected chi connectivity index (χ3v) is 3.78. The third kappa shape index (κ3) is 4.58. The molecular formula is C14H22OS. The summed E-state index contributed by atoms with van der Waals surface area (Å²) < 4.78 is 0. The first kappa shape index (κ1) is 13.6. The molecule has 0 saturated carbocycles. The summed E-state index contributed by atoms with van der Waals surface area (Å²) in [6.45, 7) is 4.35. The molecule has 1 unspecified atom stereocenters. The van der Waals surface area contributed by atoms with Crippen molar-refractivity contribution in [2.75, 3.05) is 11.5 Å². The molecular weight excluding hydrogens is 216 g/mol. The van der Waals surface area contributed by atoms with Crippen LogP contribution < -0.4 is 0 Å². The molecule has 0 fully saturated rings. The molecule has 0 amide bonds. The third-order valence-electron chi connectivity index (χ3n) is 2.53. The lowest BCUT2D eigenvalue weighted by Crippen LogP contribution is -2.01. The van der Waals surface area contributed by atoms with Crippen molar-refractivity contribution in [2.45, 2.75) is 39.2 Å². The molecule has 0 spiro atoms. The van der Waals surface area contributed by atoms with Gasteiger partial charge in [0.15, 0.2) is 0 Å². The summed E-state index contributed by atoms with van der Waals surface area (Å²) in [6.07, 6.45) is 3.16. The van der Waals surface area contributed by atoms with Crippen LogP contribution in [0.3, 0.4) is 0 Å². The average Bonchev–Trinajstić information content (AvgIpc) is 2.30. The second-order valence-corrected chi connectivity index (χ2v) is 5.23. The van der Waals surface area contributed by atoms with Gasteiger partial charge in [0.25, 0.3) is 0 Å². The smallest absolute Gasteiger partial charge is 0.0880 e. The van der Waals surface area contributed by atoms with E-state index >= 15 is 0 Å². The Bertz CT molecular complexity index is 281. The Balaban J connectivity index is 2.46. The zero-order valence-electron chi connectivity index (χ0n) is 10.3. The summed E-state index contributed by atoms with van der Waals surface area (Å²) in [5, 5.41) is 9.95. The molecule has 1 rings (SSSR count). The molecule has 1 nitrogen and oxygen atoms in total. The normalized spacial score (nSPS) is 12.7. The molecule has 0 radical (unpaired) electrons. The molecule has 1 atom stereocenters. The SMILES string of the molecule is CCCSCC(O)c1ccc(CCC)cc1. The fourth-order valence-corrected chi connectivity index (χ4v) is 2.50. The minimum atomic E-state index is -0.313. The van der Waals surface area contributed by atoms with Gasteiger partial charge >= 0.3 is 0 Å². The van der Waals surface area contributed by atoms with Gasteiger partial charge in [-0.05, 0) is 29.7 Å². The highest BCUT2D eigenvalue weighted by molar-refractivity contribution is 7.99. The van der Waals surface area contributed by atoms with Gasteiger partial charge in [0.1, 0.15) is 0 Å². The van der Waals surface area contributed by atoms with E-state index in [9.17, 15) is 5.11 Å². The van der Waals surface area contributed by atoms with Crippen LogP contribution in [0.2, 0.25) is 0 Å². The summed E-state index contributed by atoms with van der Waals surface area (Å²) in [4.78, 5) is 0. The van der Waals surface area contributed by atoms with Gasteiger partial charge in [0, 0.05) is 5.75 Å². The number of benzene rings is 1. The van der Waals surface area contributed by atoms with E-state index in [0.717, 1.165) is 23.5 Å². The maximum atomic E-state index is 9.95. The lowest BCUT2D eigenvalue weighted by atomic mass is 10.1. The lowest BCUT2D eigenvalue weighted by molar-refractivity contribution is 0.204. The van der Waals surface area contributed by atoms with Crippen LogP contribution in [-0.2, 0) is 6.42 Å². The predicted molar refractivity (Wildman–Crippen MR) is 73.0 cm³/mol. The van der Waals surface area contributed by atoms with Crippen molar-refractivity contribution in [2.24, 2.45) is 0 Å². The maximum Gasteiger partial charge on any atom is 0.0880 e. The van der Waals surface area contributed by atoms with Crippen molar-refractivity contribution in [3.63, 3.8) is 0 Å². The van der Waals surface area contributed by atoms with Crippen molar-refractivity contribution in [3.8, 4) is 0 Å². The van der Waals surface area contributed by atoms with E-state index in [-0.39, 0.29) is 6.10 Å². The molecule has 90 valence electrons. The van der Waals surface area contributed by atoms with Gasteiger partial charge in [-0.15, -0.1) is 0 Å². The maximum absolute atomic E-state index is 9.95. The van der Waals surface area contributed by atoms with Crippen LogP contribution in [0.25, 0.3) is 0 Å². The largest absolute Gasteiger partial charge is 0.388 e. The van der Waals surface area contributed by atoms with Crippen LogP contribution in [0.4, 0.5) is 0 Å². The Morgan fingerprint density at radius 3 is 2.38 bits per heavy atom. The van der Waals surface area contributed by atoms with Gasteiger partial charge in [-0.1, -0.05) is 44.5 Å². The minimum absolute atomic E-state index is 0.313. The fraction of sp³-hybridized carbons (Fsp3) is 0.571. The summed E-state index contributed by atoms with van der Waals surface area (Å²) in [6, 6.07) is 8.38. The second kappa shape index (κ2) is 7.75. The monoisotopic (exact) mass is 238 g/mol. The zero-order valence-corrected chi connectivity index (χ0v) is 11.1. The summed E-state index contributed by atoms with van der Waals surface area (Å²) in [5.74, 6) is 1.94. The molecule has 0 heterocycles. The lowest BCUT2D eigenvalue weighted by Gasteiger charge is -2.11.